The van der Waals surface area contributed by atoms with Crippen molar-refractivity contribution in [1.82, 2.24) is 9.96 Å². The number of rotatable bonds is 4. The molecule has 0 spiro atoms. The first-order valence-electron chi connectivity index (χ1n) is 9.17. The molecule has 0 unspecified atom stereocenters. The molecule has 25 heavy (non-hydrogen) atoms. The molecular weight excluding hydrogens is 316 g/mol. The quantitative estimate of drug-likeness (QED) is 0.784. The lowest BCUT2D eigenvalue weighted by molar-refractivity contribution is -0.195. The minimum Gasteiger partial charge on any atom is -0.465 e. The summed E-state index contributed by atoms with van der Waals surface area (Å²) in [5.41, 5.74) is 0.476. The average Bonchev–Trinajstić information content (AvgIpc) is 3.06. The summed E-state index contributed by atoms with van der Waals surface area (Å²) >= 11 is 0. The zero-order chi connectivity index (χ0) is 18.2. The van der Waals surface area contributed by atoms with E-state index in [0.717, 1.165) is 6.54 Å². The zero-order valence-corrected chi connectivity index (χ0v) is 16.0. The number of nitrogens with zero attached hydrogens (tertiary/aromatic N) is 2. The van der Waals surface area contributed by atoms with Crippen molar-refractivity contribution in [3.05, 3.63) is 35.9 Å². The molecule has 0 radical (unpaired) electrons. The van der Waals surface area contributed by atoms with Crippen LogP contribution in [0.4, 0.5) is 0 Å². The number of likely N-dealkylation sites (tertiary alicyclic amines) is 1. The Morgan fingerprint density at radius 1 is 1.32 bits per heavy atom. The fourth-order valence-electron chi connectivity index (χ4n) is 4.23. The Balaban J connectivity index is 1.91. The van der Waals surface area contributed by atoms with Gasteiger partial charge < -0.3 is 4.74 Å². The van der Waals surface area contributed by atoms with Gasteiger partial charge in [0, 0.05) is 24.7 Å². The van der Waals surface area contributed by atoms with Gasteiger partial charge in [0.1, 0.15) is 5.41 Å². The summed E-state index contributed by atoms with van der Waals surface area (Å²) in [5, 5.41) is 2.03. The van der Waals surface area contributed by atoms with Gasteiger partial charge >= 0.3 is 5.97 Å². The van der Waals surface area contributed by atoms with Gasteiger partial charge in [0.25, 0.3) is 0 Å². The Labute approximate surface area is 150 Å². The van der Waals surface area contributed by atoms with E-state index in [1.165, 1.54) is 5.56 Å². The second-order valence-corrected chi connectivity index (χ2v) is 8.22. The number of benzene rings is 1. The maximum absolute atomic E-state index is 12.9. The highest BCUT2D eigenvalue weighted by molar-refractivity contribution is 5.79. The first kappa shape index (κ1) is 18.4. The number of esters is 1. The van der Waals surface area contributed by atoms with Crippen LogP contribution < -0.4 is 0 Å². The number of fused-ring (bicyclic) bond motifs is 1. The van der Waals surface area contributed by atoms with Crippen molar-refractivity contribution in [2.75, 3.05) is 19.8 Å². The third kappa shape index (κ3) is 3.21. The van der Waals surface area contributed by atoms with Gasteiger partial charge in [-0.15, -0.1) is 0 Å². The van der Waals surface area contributed by atoms with Crippen molar-refractivity contribution in [3.63, 3.8) is 0 Å². The van der Waals surface area contributed by atoms with Crippen molar-refractivity contribution < 1.29 is 14.4 Å². The normalized spacial score (nSPS) is 30.4. The van der Waals surface area contributed by atoms with Crippen molar-refractivity contribution in [3.8, 4) is 0 Å². The Morgan fingerprint density at radius 3 is 2.60 bits per heavy atom. The largest absolute Gasteiger partial charge is 0.465 e. The number of carbonyl (C=O) groups excluding carboxylic acids is 1. The SMILES string of the molecule is CCOC(=O)[C@]12CON(C(C)(C)C)[C@H]1[C@H](C)N(Cc1ccccc1)C2. The lowest BCUT2D eigenvalue weighted by Gasteiger charge is -2.38. The highest BCUT2D eigenvalue weighted by Crippen LogP contribution is 2.47. The molecule has 2 saturated heterocycles. The lowest BCUT2D eigenvalue weighted by Crippen LogP contribution is -2.53. The molecule has 3 atom stereocenters. The summed E-state index contributed by atoms with van der Waals surface area (Å²) in [7, 11) is 0. The molecule has 0 aliphatic carbocycles. The van der Waals surface area contributed by atoms with Gasteiger partial charge in [0.05, 0.1) is 19.3 Å². The van der Waals surface area contributed by atoms with Crippen molar-refractivity contribution in [2.24, 2.45) is 5.41 Å². The predicted octanol–water partition coefficient (Wildman–Crippen LogP) is 2.85. The molecule has 2 fully saturated rings. The smallest absolute Gasteiger partial charge is 0.317 e. The van der Waals surface area contributed by atoms with Crippen LogP contribution in [0.5, 0.6) is 0 Å². The molecule has 0 amide bonds. The number of carbonyl (C=O) groups is 1. The fourth-order valence-corrected chi connectivity index (χ4v) is 4.23. The van der Waals surface area contributed by atoms with Crippen LogP contribution in [-0.2, 0) is 20.9 Å². The molecule has 0 saturated carbocycles. The second-order valence-electron chi connectivity index (χ2n) is 8.22. The van der Waals surface area contributed by atoms with E-state index in [1.54, 1.807) is 0 Å². The fraction of sp³-hybridized carbons (Fsp3) is 0.650. The lowest BCUT2D eigenvalue weighted by atomic mass is 9.81. The average molecular weight is 346 g/mol. The van der Waals surface area contributed by atoms with Gasteiger partial charge in [-0.2, -0.15) is 5.06 Å². The van der Waals surface area contributed by atoms with E-state index >= 15 is 0 Å². The molecule has 2 heterocycles. The second kappa shape index (κ2) is 6.71. The van der Waals surface area contributed by atoms with Gasteiger partial charge in [-0.3, -0.25) is 14.5 Å². The van der Waals surface area contributed by atoms with Crippen LogP contribution >= 0.6 is 0 Å². The number of ether oxygens (including phenoxy) is 1. The highest BCUT2D eigenvalue weighted by atomic mass is 16.7. The molecule has 138 valence electrons. The summed E-state index contributed by atoms with van der Waals surface area (Å²) in [6, 6.07) is 10.6. The van der Waals surface area contributed by atoms with Gasteiger partial charge in [-0.05, 0) is 40.2 Å². The standard InChI is InChI=1S/C20H30N2O3/c1-6-24-18(23)20-13-21(12-16-10-8-7-9-11-16)15(2)17(20)22(25-14-20)19(3,4)5/h7-11,15,17H,6,12-14H2,1-5H3/t15-,17-,20+/m0/s1. The van der Waals surface area contributed by atoms with Gasteiger partial charge in [0.2, 0.25) is 0 Å². The summed E-state index contributed by atoms with van der Waals surface area (Å²) in [5.74, 6) is -0.130. The van der Waals surface area contributed by atoms with Crippen LogP contribution in [0.3, 0.4) is 0 Å². The third-order valence-electron chi connectivity index (χ3n) is 5.37. The van der Waals surface area contributed by atoms with Crippen LogP contribution in [-0.4, -0.2) is 53.3 Å². The first-order chi connectivity index (χ1) is 11.8. The Hall–Kier alpha value is -1.43. The van der Waals surface area contributed by atoms with E-state index in [2.05, 4.69) is 56.9 Å². The molecule has 0 bridgehead atoms. The molecule has 1 aromatic carbocycles. The number of hydrogen-bond donors (Lipinski definition) is 0. The van der Waals surface area contributed by atoms with Crippen LogP contribution in [0.15, 0.2) is 30.3 Å². The van der Waals surface area contributed by atoms with E-state index in [1.807, 2.05) is 18.1 Å². The van der Waals surface area contributed by atoms with Crippen LogP contribution in [0, 0.1) is 5.41 Å². The van der Waals surface area contributed by atoms with Gasteiger partial charge in [0.15, 0.2) is 0 Å². The molecule has 2 aliphatic heterocycles. The van der Waals surface area contributed by atoms with E-state index in [4.69, 9.17) is 9.57 Å². The van der Waals surface area contributed by atoms with E-state index in [0.29, 0.717) is 19.8 Å². The number of hydrogen-bond acceptors (Lipinski definition) is 5. The Bertz CT molecular complexity index is 613. The summed E-state index contributed by atoms with van der Waals surface area (Å²) < 4.78 is 5.47. The van der Waals surface area contributed by atoms with Crippen LogP contribution in [0.1, 0.15) is 40.2 Å². The minimum atomic E-state index is -0.614. The van der Waals surface area contributed by atoms with Gasteiger partial charge in [-0.1, -0.05) is 30.3 Å². The predicted molar refractivity (Wildman–Crippen MR) is 96.7 cm³/mol. The topological polar surface area (TPSA) is 42.0 Å². The molecule has 0 aromatic heterocycles. The molecule has 3 rings (SSSR count). The van der Waals surface area contributed by atoms with Crippen LogP contribution in [0.2, 0.25) is 0 Å². The Morgan fingerprint density at radius 2 is 2.00 bits per heavy atom. The maximum Gasteiger partial charge on any atom is 0.317 e. The van der Waals surface area contributed by atoms with Crippen molar-refractivity contribution >= 4 is 5.97 Å². The molecule has 2 aliphatic rings. The van der Waals surface area contributed by atoms with Gasteiger partial charge in [-0.25, -0.2) is 0 Å². The van der Waals surface area contributed by atoms with E-state index in [-0.39, 0.29) is 23.6 Å². The van der Waals surface area contributed by atoms with Crippen molar-refractivity contribution in [1.29, 1.82) is 0 Å². The maximum atomic E-state index is 12.9. The van der Waals surface area contributed by atoms with E-state index < -0.39 is 5.41 Å². The molecule has 5 nitrogen and oxygen atoms in total. The summed E-state index contributed by atoms with van der Waals surface area (Å²) in [6.45, 7) is 12.7. The zero-order valence-electron chi connectivity index (χ0n) is 16.0. The molecule has 1 aromatic rings. The van der Waals surface area contributed by atoms with Crippen molar-refractivity contribution in [2.45, 2.75) is 58.8 Å². The van der Waals surface area contributed by atoms with E-state index in [9.17, 15) is 4.79 Å². The summed E-state index contributed by atoms with van der Waals surface area (Å²) in [4.78, 5) is 21.3. The monoisotopic (exact) mass is 346 g/mol. The van der Waals surface area contributed by atoms with Crippen LogP contribution in [0.25, 0.3) is 0 Å². The Kier molecular flexibility index (Phi) is 4.93. The minimum absolute atomic E-state index is 0.00439. The molecule has 0 N–H and O–H groups in total. The first-order valence-corrected chi connectivity index (χ1v) is 9.17. The third-order valence-corrected chi connectivity index (χ3v) is 5.37. The highest BCUT2D eigenvalue weighted by Gasteiger charge is 2.64. The summed E-state index contributed by atoms with van der Waals surface area (Å²) in [6.07, 6.45) is 0. The number of hydroxylamine groups is 2. The molecule has 5 heteroatoms. The molecular formula is C20H30N2O3.